The fraction of sp³-hybridized carbons (Fsp3) is 0.240. The van der Waals surface area contributed by atoms with E-state index >= 15 is 0 Å². The van der Waals surface area contributed by atoms with Crippen molar-refractivity contribution in [1.82, 2.24) is 5.32 Å². The van der Waals surface area contributed by atoms with E-state index in [-0.39, 0.29) is 17.2 Å². The van der Waals surface area contributed by atoms with E-state index in [0.717, 1.165) is 15.6 Å². The highest BCUT2D eigenvalue weighted by molar-refractivity contribution is 7.92. The minimum Gasteiger partial charge on any atom is -0.494 e. The van der Waals surface area contributed by atoms with E-state index in [1.54, 1.807) is 30.3 Å². The highest BCUT2D eigenvalue weighted by atomic mass is 32.2. The molecule has 0 radical (unpaired) electrons. The number of sulfonamides is 1. The predicted molar refractivity (Wildman–Crippen MR) is 130 cm³/mol. The molecule has 0 aliphatic heterocycles. The number of hydrogen-bond donors (Lipinski definition) is 1. The van der Waals surface area contributed by atoms with E-state index in [0.29, 0.717) is 18.0 Å². The molecule has 0 bridgehead atoms. The van der Waals surface area contributed by atoms with Crippen molar-refractivity contribution in [1.29, 1.82) is 0 Å². The molecule has 0 spiro atoms. The molecule has 0 aromatic heterocycles. The number of nitrogens with zero attached hydrogens (tertiary/aromatic N) is 1. The summed E-state index contributed by atoms with van der Waals surface area (Å²) in [4.78, 5) is 12.8. The van der Waals surface area contributed by atoms with Gasteiger partial charge in [-0.15, -0.1) is 0 Å². The lowest BCUT2D eigenvalue weighted by Gasteiger charge is -2.24. The van der Waals surface area contributed by atoms with Crippen LogP contribution in [0.3, 0.4) is 0 Å². The standard InChI is InChI=1S/C25H28N2O6S/c1-4-33-21-12-10-19(11-13-21)17-26-25(28)18-27(20-8-6-5-7-9-20)34(29,30)22-14-15-23(31-2)24(16-22)32-3/h5-16H,4,17-18H2,1-3H3,(H,26,28). The molecular formula is C25H28N2O6S. The SMILES string of the molecule is CCOc1ccc(CNC(=O)CN(c2ccccc2)S(=O)(=O)c2ccc(OC)c(OC)c2)cc1. The number of carbonyl (C=O) groups excluding carboxylic acids is 1. The summed E-state index contributed by atoms with van der Waals surface area (Å²) in [5.41, 5.74) is 1.24. The number of ether oxygens (including phenoxy) is 3. The fourth-order valence-corrected chi connectivity index (χ4v) is 4.71. The van der Waals surface area contributed by atoms with Gasteiger partial charge in [-0.3, -0.25) is 9.10 Å². The van der Waals surface area contributed by atoms with Gasteiger partial charge in [-0.05, 0) is 48.9 Å². The molecule has 0 fully saturated rings. The second-order valence-electron chi connectivity index (χ2n) is 7.22. The first-order valence-electron chi connectivity index (χ1n) is 10.7. The van der Waals surface area contributed by atoms with E-state index < -0.39 is 22.5 Å². The van der Waals surface area contributed by atoms with Gasteiger partial charge in [0.1, 0.15) is 12.3 Å². The fourth-order valence-electron chi connectivity index (χ4n) is 3.27. The molecule has 3 aromatic carbocycles. The normalized spacial score (nSPS) is 10.9. The van der Waals surface area contributed by atoms with E-state index in [2.05, 4.69) is 5.32 Å². The highest BCUT2D eigenvalue weighted by Gasteiger charge is 2.28. The van der Waals surface area contributed by atoms with E-state index in [1.807, 2.05) is 31.2 Å². The number of rotatable bonds is 11. The Balaban J connectivity index is 1.82. The molecule has 1 amide bonds. The molecule has 9 heteroatoms. The maximum Gasteiger partial charge on any atom is 0.264 e. The second kappa shape index (κ2) is 11.4. The molecule has 0 atom stereocenters. The van der Waals surface area contributed by atoms with Crippen LogP contribution in [0, 0.1) is 0 Å². The van der Waals surface area contributed by atoms with Crippen LogP contribution in [0.5, 0.6) is 17.2 Å². The van der Waals surface area contributed by atoms with Crippen molar-refractivity contribution in [3.63, 3.8) is 0 Å². The zero-order valence-electron chi connectivity index (χ0n) is 19.4. The highest BCUT2D eigenvalue weighted by Crippen LogP contribution is 2.32. The molecule has 0 aliphatic rings. The Morgan fingerprint density at radius 1 is 0.912 bits per heavy atom. The van der Waals surface area contributed by atoms with Crippen LogP contribution in [0.25, 0.3) is 0 Å². The van der Waals surface area contributed by atoms with Gasteiger partial charge in [0, 0.05) is 12.6 Å². The molecule has 0 saturated carbocycles. The van der Waals surface area contributed by atoms with Crippen LogP contribution in [0.15, 0.2) is 77.7 Å². The number of benzene rings is 3. The lowest BCUT2D eigenvalue weighted by Crippen LogP contribution is -2.40. The van der Waals surface area contributed by atoms with Gasteiger partial charge < -0.3 is 19.5 Å². The first kappa shape index (κ1) is 24.9. The van der Waals surface area contributed by atoms with Crippen molar-refractivity contribution >= 4 is 21.6 Å². The van der Waals surface area contributed by atoms with E-state index in [4.69, 9.17) is 14.2 Å². The number of nitrogens with one attached hydrogen (secondary N) is 1. The Labute approximate surface area is 200 Å². The third kappa shape index (κ3) is 5.99. The van der Waals surface area contributed by atoms with Crippen molar-refractivity contribution in [3.05, 3.63) is 78.4 Å². The summed E-state index contributed by atoms with van der Waals surface area (Å²) in [7, 11) is -1.18. The van der Waals surface area contributed by atoms with Gasteiger partial charge >= 0.3 is 0 Å². The van der Waals surface area contributed by atoms with Gasteiger partial charge in [0.05, 0.1) is 31.4 Å². The number of anilines is 1. The Kier molecular flexibility index (Phi) is 8.37. The summed E-state index contributed by atoms with van der Waals surface area (Å²) in [5, 5.41) is 2.78. The van der Waals surface area contributed by atoms with Crippen LogP contribution in [-0.4, -0.2) is 41.7 Å². The second-order valence-corrected chi connectivity index (χ2v) is 9.08. The number of hydrogen-bond acceptors (Lipinski definition) is 6. The zero-order valence-corrected chi connectivity index (χ0v) is 20.2. The quantitative estimate of drug-likeness (QED) is 0.447. The van der Waals surface area contributed by atoms with Gasteiger partial charge in [-0.2, -0.15) is 0 Å². The number of para-hydroxylation sites is 1. The smallest absolute Gasteiger partial charge is 0.264 e. The lowest BCUT2D eigenvalue weighted by atomic mass is 10.2. The summed E-state index contributed by atoms with van der Waals surface area (Å²) in [5.74, 6) is 0.980. The van der Waals surface area contributed by atoms with Crippen molar-refractivity contribution in [2.45, 2.75) is 18.4 Å². The largest absolute Gasteiger partial charge is 0.494 e. The molecule has 0 aliphatic carbocycles. The molecule has 0 heterocycles. The summed E-state index contributed by atoms with van der Waals surface area (Å²) in [6, 6.07) is 20.1. The maximum atomic E-state index is 13.5. The van der Waals surface area contributed by atoms with Gasteiger partial charge in [0.15, 0.2) is 11.5 Å². The Morgan fingerprint density at radius 2 is 1.59 bits per heavy atom. The summed E-state index contributed by atoms with van der Waals surface area (Å²) >= 11 is 0. The average molecular weight is 485 g/mol. The first-order chi connectivity index (χ1) is 16.4. The van der Waals surface area contributed by atoms with E-state index in [9.17, 15) is 13.2 Å². The van der Waals surface area contributed by atoms with Crippen LogP contribution in [0.4, 0.5) is 5.69 Å². The molecule has 0 unspecified atom stereocenters. The molecule has 3 aromatic rings. The van der Waals surface area contributed by atoms with Crippen LogP contribution in [0.1, 0.15) is 12.5 Å². The number of methoxy groups -OCH3 is 2. The molecular weight excluding hydrogens is 456 g/mol. The van der Waals surface area contributed by atoms with Gasteiger partial charge in [0.2, 0.25) is 5.91 Å². The van der Waals surface area contributed by atoms with Crippen molar-refractivity contribution in [2.24, 2.45) is 0 Å². The van der Waals surface area contributed by atoms with Crippen molar-refractivity contribution in [2.75, 3.05) is 31.7 Å². The summed E-state index contributed by atoms with van der Waals surface area (Å²) in [6.45, 7) is 2.34. The predicted octanol–water partition coefficient (Wildman–Crippen LogP) is 3.61. The maximum absolute atomic E-state index is 13.5. The van der Waals surface area contributed by atoms with Crippen LogP contribution >= 0.6 is 0 Å². The molecule has 34 heavy (non-hydrogen) atoms. The van der Waals surface area contributed by atoms with Gasteiger partial charge in [-0.25, -0.2) is 8.42 Å². The monoisotopic (exact) mass is 484 g/mol. The Bertz CT molecular complexity index is 1200. The average Bonchev–Trinajstić information content (AvgIpc) is 2.87. The summed E-state index contributed by atoms with van der Waals surface area (Å²) in [6.07, 6.45) is 0. The van der Waals surface area contributed by atoms with Crippen LogP contribution < -0.4 is 23.8 Å². The van der Waals surface area contributed by atoms with Gasteiger partial charge in [-0.1, -0.05) is 30.3 Å². The molecule has 8 nitrogen and oxygen atoms in total. The minimum atomic E-state index is -4.08. The Morgan fingerprint density at radius 3 is 2.21 bits per heavy atom. The van der Waals surface area contributed by atoms with Crippen LogP contribution in [-0.2, 0) is 21.4 Å². The number of carbonyl (C=O) groups is 1. The topological polar surface area (TPSA) is 94.2 Å². The molecule has 1 N–H and O–H groups in total. The van der Waals surface area contributed by atoms with Crippen molar-refractivity contribution in [3.8, 4) is 17.2 Å². The first-order valence-corrected chi connectivity index (χ1v) is 12.1. The third-order valence-corrected chi connectivity index (χ3v) is 6.77. The molecule has 0 saturated heterocycles. The Hall–Kier alpha value is -3.72. The minimum absolute atomic E-state index is 0.0201. The van der Waals surface area contributed by atoms with E-state index in [1.165, 1.54) is 32.4 Å². The summed E-state index contributed by atoms with van der Waals surface area (Å²) < 4.78 is 44.0. The number of amides is 1. The molecule has 3 rings (SSSR count). The van der Waals surface area contributed by atoms with Gasteiger partial charge in [0.25, 0.3) is 10.0 Å². The lowest BCUT2D eigenvalue weighted by molar-refractivity contribution is -0.119. The van der Waals surface area contributed by atoms with Crippen molar-refractivity contribution < 1.29 is 27.4 Å². The third-order valence-electron chi connectivity index (χ3n) is 5.00. The molecule has 180 valence electrons. The van der Waals surface area contributed by atoms with Crippen LogP contribution in [0.2, 0.25) is 0 Å². The zero-order chi connectivity index (χ0) is 24.6.